The fourth-order valence-corrected chi connectivity index (χ4v) is 2.67. The lowest BCUT2D eigenvalue weighted by Crippen LogP contribution is -1.85. The van der Waals surface area contributed by atoms with Gasteiger partial charge in [-0.25, -0.2) is 4.98 Å². The average molecular weight is 236 g/mol. The number of hydrogen-bond donors (Lipinski definition) is 0. The van der Waals surface area contributed by atoms with E-state index < -0.39 is 0 Å². The van der Waals surface area contributed by atoms with Crippen LogP contribution in [0.1, 0.15) is 15.9 Å². The molecule has 3 nitrogen and oxygen atoms in total. The SMILES string of the molecule is Cc1cc(Sc2ncns2)ccc1C=O. The molecule has 0 aliphatic carbocycles. The van der Waals surface area contributed by atoms with Crippen molar-refractivity contribution in [2.45, 2.75) is 16.2 Å². The van der Waals surface area contributed by atoms with Crippen molar-refractivity contribution in [3.8, 4) is 0 Å². The molecule has 0 saturated carbocycles. The second kappa shape index (κ2) is 4.55. The first-order chi connectivity index (χ1) is 7.29. The van der Waals surface area contributed by atoms with Gasteiger partial charge in [0.05, 0.1) is 0 Å². The predicted molar refractivity (Wildman–Crippen MR) is 60.6 cm³/mol. The highest BCUT2D eigenvalue weighted by atomic mass is 32.2. The van der Waals surface area contributed by atoms with Crippen LogP contribution in [0, 0.1) is 6.92 Å². The lowest BCUT2D eigenvalue weighted by Gasteiger charge is -2.01. The van der Waals surface area contributed by atoms with E-state index in [1.165, 1.54) is 11.5 Å². The van der Waals surface area contributed by atoms with E-state index >= 15 is 0 Å². The molecule has 2 aromatic rings. The van der Waals surface area contributed by atoms with Crippen molar-refractivity contribution in [1.29, 1.82) is 0 Å². The molecule has 0 amide bonds. The van der Waals surface area contributed by atoms with Crippen LogP contribution in [-0.4, -0.2) is 15.6 Å². The molecule has 76 valence electrons. The number of benzene rings is 1. The van der Waals surface area contributed by atoms with E-state index in [9.17, 15) is 4.79 Å². The monoisotopic (exact) mass is 236 g/mol. The van der Waals surface area contributed by atoms with Gasteiger partial charge in [0.25, 0.3) is 0 Å². The van der Waals surface area contributed by atoms with Crippen molar-refractivity contribution in [3.63, 3.8) is 0 Å². The van der Waals surface area contributed by atoms with Crippen LogP contribution in [0.4, 0.5) is 0 Å². The van der Waals surface area contributed by atoms with Crippen LogP contribution in [0.25, 0.3) is 0 Å². The van der Waals surface area contributed by atoms with Crippen LogP contribution in [0.2, 0.25) is 0 Å². The summed E-state index contributed by atoms with van der Waals surface area (Å²) in [5.41, 5.74) is 1.72. The third kappa shape index (κ3) is 2.43. The first-order valence-corrected chi connectivity index (χ1v) is 5.89. The molecule has 1 aromatic carbocycles. The molecule has 0 aliphatic heterocycles. The second-order valence-corrected chi connectivity index (χ2v) is 5.05. The lowest BCUT2D eigenvalue weighted by atomic mass is 10.1. The lowest BCUT2D eigenvalue weighted by molar-refractivity contribution is 0.112. The van der Waals surface area contributed by atoms with Crippen molar-refractivity contribution in [1.82, 2.24) is 9.36 Å². The Morgan fingerprint density at radius 1 is 1.47 bits per heavy atom. The average Bonchev–Trinajstić information content (AvgIpc) is 2.71. The molecular formula is C10H8N2OS2. The van der Waals surface area contributed by atoms with E-state index in [4.69, 9.17) is 0 Å². The molecule has 0 atom stereocenters. The van der Waals surface area contributed by atoms with Crippen LogP contribution >= 0.6 is 23.3 Å². The van der Waals surface area contributed by atoms with E-state index in [1.54, 1.807) is 18.1 Å². The summed E-state index contributed by atoms with van der Waals surface area (Å²) < 4.78 is 4.84. The van der Waals surface area contributed by atoms with Gasteiger partial charge in [-0.15, -0.1) is 0 Å². The highest BCUT2D eigenvalue weighted by molar-refractivity contribution is 8.01. The van der Waals surface area contributed by atoms with Gasteiger partial charge in [-0.3, -0.25) is 4.79 Å². The minimum Gasteiger partial charge on any atom is -0.298 e. The van der Waals surface area contributed by atoms with Crippen LogP contribution in [0.15, 0.2) is 33.8 Å². The summed E-state index contributed by atoms with van der Waals surface area (Å²) in [5.74, 6) is 0. The fourth-order valence-electron chi connectivity index (χ4n) is 1.15. The van der Waals surface area contributed by atoms with Crippen LogP contribution in [0.5, 0.6) is 0 Å². The molecule has 1 aromatic heterocycles. The van der Waals surface area contributed by atoms with Crippen LogP contribution in [-0.2, 0) is 0 Å². The van der Waals surface area contributed by atoms with Gasteiger partial charge < -0.3 is 0 Å². The highest BCUT2D eigenvalue weighted by Gasteiger charge is 2.03. The van der Waals surface area contributed by atoms with E-state index in [1.807, 2.05) is 25.1 Å². The Morgan fingerprint density at radius 3 is 2.93 bits per heavy atom. The Labute approximate surface area is 95.7 Å². The minimum atomic E-state index is 0.733. The Hall–Kier alpha value is -1.20. The Bertz CT molecular complexity index is 468. The molecular weight excluding hydrogens is 228 g/mol. The van der Waals surface area contributed by atoms with Crippen molar-refractivity contribution in [2.75, 3.05) is 0 Å². The number of rotatable bonds is 3. The van der Waals surface area contributed by atoms with Gasteiger partial charge in [0, 0.05) is 10.5 Å². The van der Waals surface area contributed by atoms with Gasteiger partial charge in [-0.2, -0.15) is 4.37 Å². The number of carbonyl (C=O) groups is 1. The van der Waals surface area contributed by atoms with E-state index in [0.29, 0.717) is 0 Å². The van der Waals surface area contributed by atoms with Gasteiger partial charge in [0.1, 0.15) is 12.6 Å². The molecule has 5 heteroatoms. The van der Waals surface area contributed by atoms with Crippen molar-refractivity contribution >= 4 is 29.6 Å². The maximum absolute atomic E-state index is 10.6. The van der Waals surface area contributed by atoms with Gasteiger partial charge in [0.2, 0.25) is 0 Å². The number of nitrogens with zero attached hydrogens (tertiary/aromatic N) is 2. The number of aldehydes is 1. The molecule has 0 aliphatic rings. The zero-order valence-electron chi connectivity index (χ0n) is 8.01. The zero-order valence-corrected chi connectivity index (χ0v) is 9.64. The van der Waals surface area contributed by atoms with E-state index in [2.05, 4.69) is 9.36 Å². The highest BCUT2D eigenvalue weighted by Crippen LogP contribution is 2.29. The van der Waals surface area contributed by atoms with E-state index in [0.717, 1.165) is 26.6 Å². The molecule has 0 radical (unpaired) electrons. The number of hydrogen-bond acceptors (Lipinski definition) is 5. The summed E-state index contributed by atoms with van der Waals surface area (Å²) >= 11 is 2.92. The summed E-state index contributed by atoms with van der Waals surface area (Å²) in [7, 11) is 0. The molecule has 1 heterocycles. The zero-order chi connectivity index (χ0) is 10.7. The number of carbonyl (C=O) groups excluding carboxylic acids is 1. The van der Waals surface area contributed by atoms with Crippen molar-refractivity contribution in [3.05, 3.63) is 35.7 Å². The first-order valence-electron chi connectivity index (χ1n) is 4.30. The molecule has 0 saturated heterocycles. The molecule has 0 spiro atoms. The predicted octanol–water partition coefficient (Wildman–Crippen LogP) is 2.81. The summed E-state index contributed by atoms with van der Waals surface area (Å²) in [6.07, 6.45) is 2.41. The summed E-state index contributed by atoms with van der Waals surface area (Å²) in [6, 6.07) is 5.73. The fraction of sp³-hybridized carbons (Fsp3) is 0.100. The normalized spacial score (nSPS) is 10.2. The number of aromatic nitrogens is 2. The van der Waals surface area contributed by atoms with Gasteiger partial charge in [-0.05, 0) is 36.2 Å². The maximum atomic E-state index is 10.6. The summed E-state index contributed by atoms with van der Waals surface area (Å²) in [5, 5.41) is 0. The van der Waals surface area contributed by atoms with Crippen LogP contribution < -0.4 is 0 Å². The van der Waals surface area contributed by atoms with Crippen molar-refractivity contribution < 1.29 is 4.79 Å². The quantitative estimate of drug-likeness (QED) is 0.768. The van der Waals surface area contributed by atoms with Crippen LogP contribution in [0.3, 0.4) is 0 Å². The largest absolute Gasteiger partial charge is 0.298 e. The third-order valence-electron chi connectivity index (χ3n) is 1.91. The van der Waals surface area contributed by atoms with Gasteiger partial charge in [0.15, 0.2) is 4.34 Å². The topological polar surface area (TPSA) is 42.9 Å². The van der Waals surface area contributed by atoms with Crippen molar-refractivity contribution in [2.24, 2.45) is 0 Å². The summed E-state index contributed by atoms with van der Waals surface area (Å²) in [6.45, 7) is 1.92. The molecule has 0 bridgehead atoms. The smallest absolute Gasteiger partial charge is 0.174 e. The molecule has 0 unspecified atom stereocenters. The van der Waals surface area contributed by atoms with Gasteiger partial charge >= 0.3 is 0 Å². The Morgan fingerprint density at radius 2 is 2.33 bits per heavy atom. The Kier molecular flexibility index (Phi) is 3.13. The third-order valence-corrected chi connectivity index (χ3v) is 3.62. The molecule has 15 heavy (non-hydrogen) atoms. The molecule has 0 fully saturated rings. The molecule has 2 rings (SSSR count). The first kappa shape index (κ1) is 10.3. The second-order valence-electron chi connectivity index (χ2n) is 2.95. The molecule has 0 N–H and O–H groups in total. The maximum Gasteiger partial charge on any atom is 0.174 e. The standard InChI is InChI=1S/C10H8N2OS2/c1-7-4-9(3-2-8(7)5-13)14-10-11-6-12-15-10/h2-6H,1H3. The number of aryl methyl sites for hydroxylation is 1. The van der Waals surface area contributed by atoms with Gasteiger partial charge in [-0.1, -0.05) is 17.8 Å². The Balaban J connectivity index is 2.23. The van der Waals surface area contributed by atoms with E-state index in [-0.39, 0.29) is 0 Å². The minimum absolute atomic E-state index is 0.733. The summed E-state index contributed by atoms with van der Waals surface area (Å²) in [4.78, 5) is 15.8.